The van der Waals surface area contributed by atoms with Crippen LogP contribution in [0.25, 0.3) is 10.9 Å². The quantitative estimate of drug-likeness (QED) is 0.878. The van der Waals surface area contributed by atoms with E-state index in [4.69, 9.17) is 9.47 Å². The molecule has 1 aromatic carbocycles. The molecule has 4 rings (SSSR count). The van der Waals surface area contributed by atoms with Crippen molar-refractivity contribution in [3.63, 3.8) is 0 Å². The monoisotopic (exact) mass is 346 g/mol. The summed E-state index contributed by atoms with van der Waals surface area (Å²) in [5.74, 6) is -0.635. The van der Waals surface area contributed by atoms with E-state index in [0.29, 0.717) is 18.7 Å². The second-order valence-corrected chi connectivity index (χ2v) is 6.63. The first-order chi connectivity index (χ1) is 12.1. The van der Waals surface area contributed by atoms with Gasteiger partial charge in [0.1, 0.15) is 11.4 Å². The Kier molecular flexibility index (Phi) is 4.05. The lowest BCUT2D eigenvalue weighted by Crippen LogP contribution is -2.63. The third kappa shape index (κ3) is 2.63. The van der Waals surface area contributed by atoms with Crippen molar-refractivity contribution in [1.82, 2.24) is 10.3 Å². The topological polar surface area (TPSA) is 80.4 Å². The van der Waals surface area contributed by atoms with Crippen molar-refractivity contribution in [3.8, 4) is 0 Å². The summed E-state index contributed by atoms with van der Waals surface area (Å²) in [6, 6.07) is 3.81. The fourth-order valence-corrected chi connectivity index (χ4v) is 4.02. The normalized spacial score (nSPS) is 27.8. The molecule has 6 nitrogen and oxygen atoms in total. The van der Waals surface area contributed by atoms with Crippen molar-refractivity contribution < 1.29 is 18.7 Å². The van der Waals surface area contributed by atoms with E-state index in [1.165, 1.54) is 18.3 Å². The van der Waals surface area contributed by atoms with E-state index < -0.39 is 17.2 Å². The number of hydrogen-bond acceptors (Lipinski definition) is 4. The number of carbonyl (C=O) groups excluding carboxylic acids is 1. The van der Waals surface area contributed by atoms with Crippen LogP contribution in [0, 0.1) is 17.7 Å². The Hall–Kier alpha value is -2.25. The number of methoxy groups -OCH3 is 1. The summed E-state index contributed by atoms with van der Waals surface area (Å²) in [4.78, 5) is 28.1. The third-order valence-corrected chi connectivity index (χ3v) is 5.27. The van der Waals surface area contributed by atoms with Gasteiger partial charge in [-0.05, 0) is 24.6 Å². The summed E-state index contributed by atoms with van der Waals surface area (Å²) in [6.07, 6.45) is 2.37. The second-order valence-electron chi connectivity index (χ2n) is 6.63. The van der Waals surface area contributed by atoms with E-state index in [-0.39, 0.29) is 34.9 Å². The molecule has 2 fully saturated rings. The Morgan fingerprint density at radius 3 is 3.12 bits per heavy atom. The number of aromatic nitrogens is 1. The highest BCUT2D eigenvalue weighted by atomic mass is 19.1. The van der Waals surface area contributed by atoms with Crippen LogP contribution in [0.4, 0.5) is 4.39 Å². The average Bonchev–Trinajstić information content (AvgIpc) is 3.03. The molecule has 1 saturated carbocycles. The lowest BCUT2D eigenvalue weighted by Gasteiger charge is -2.47. The largest absolute Gasteiger partial charge is 0.384 e. The molecule has 1 saturated heterocycles. The number of amides is 1. The first-order valence-corrected chi connectivity index (χ1v) is 8.32. The van der Waals surface area contributed by atoms with Crippen LogP contribution in [-0.4, -0.2) is 43.4 Å². The van der Waals surface area contributed by atoms with Crippen LogP contribution in [0.5, 0.6) is 0 Å². The van der Waals surface area contributed by atoms with Gasteiger partial charge >= 0.3 is 0 Å². The number of fused-ring (bicyclic) bond motifs is 2. The number of nitrogens with one attached hydrogen (secondary N) is 2. The number of aromatic amines is 1. The molecule has 1 aliphatic carbocycles. The molecule has 25 heavy (non-hydrogen) atoms. The molecule has 2 aliphatic rings. The number of rotatable bonds is 4. The summed E-state index contributed by atoms with van der Waals surface area (Å²) in [5, 5.41) is 3.11. The molecule has 0 bridgehead atoms. The summed E-state index contributed by atoms with van der Waals surface area (Å²) in [5.41, 5.74) is -0.00247. The number of benzene rings is 1. The highest BCUT2D eigenvalue weighted by Gasteiger charge is 2.54. The summed E-state index contributed by atoms with van der Waals surface area (Å²) < 4.78 is 24.3. The highest BCUT2D eigenvalue weighted by molar-refractivity contribution is 5.97. The number of ether oxygens (including phenoxy) is 2. The second kappa shape index (κ2) is 6.24. The molecule has 2 heterocycles. The van der Waals surface area contributed by atoms with Crippen LogP contribution in [0.1, 0.15) is 16.8 Å². The zero-order chi connectivity index (χ0) is 17.6. The van der Waals surface area contributed by atoms with E-state index in [2.05, 4.69) is 10.3 Å². The molecule has 4 atom stereocenters. The van der Waals surface area contributed by atoms with Crippen LogP contribution in [-0.2, 0) is 9.47 Å². The molecule has 1 amide bonds. The zero-order valence-corrected chi connectivity index (χ0v) is 13.8. The van der Waals surface area contributed by atoms with Crippen molar-refractivity contribution in [2.75, 3.05) is 20.3 Å². The Morgan fingerprint density at radius 1 is 1.48 bits per heavy atom. The number of H-pyrrole nitrogens is 1. The van der Waals surface area contributed by atoms with E-state index in [1.807, 2.05) is 0 Å². The number of pyridine rings is 1. The van der Waals surface area contributed by atoms with Crippen molar-refractivity contribution in [2.24, 2.45) is 11.8 Å². The molecule has 132 valence electrons. The van der Waals surface area contributed by atoms with Crippen molar-refractivity contribution in [3.05, 3.63) is 46.0 Å². The number of carbonyl (C=O) groups is 1. The maximum absolute atomic E-state index is 13.4. The van der Waals surface area contributed by atoms with Gasteiger partial charge in [-0.3, -0.25) is 9.59 Å². The fourth-order valence-electron chi connectivity index (χ4n) is 4.02. The molecule has 1 aliphatic heterocycles. The van der Waals surface area contributed by atoms with E-state index in [0.717, 1.165) is 12.5 Å². The SMILES string of the molecule is COC[C@@H]1[C@H](NC(=O)c2c[nH]c3ccc(F)cc3c2=O)[C@@H]2CCO[C@H]12. The highest BCUT2D eigenvalue weighted by Crippen LogP contribution is 2.43. The maximum atomic E-state index is 13.4. The number of hydrogen-bond donors (Lipinski definition) is 2. The molecule has 2 aromatic rings. The predicted molar refractivity (Wildman–Crippen MR) is 89.0 cm³/mol. The fraction of sp³-hybridized carbons (Fsp3) is 0.444. The van der Waals surface area contributed by atoms with Gasteiger partial charge < -0.3 is 19.8 Å². The minimum absolute atomic E-state index is 0.0170. The molecule has 2 N–H and O–H groups in total. The number of halogens is 1. The van der Waals surface area contributed by atoms with Crippen molar-refractivity contribution >= 4 is 16.8 Å². The van der Waals surface area contributed by atoms with Gasteiger partial charge in [-0.2, -0.15) is 0 Å². The van der Waals surface area contributed by atoms with Gasteiger partial charge in [-0.25, -0.2) is 4.39 Å². The van der Waals surface area contributed by atoms with Gasteiger partial charge in [0, 0.05) is 48.7 Å². The minimum atomic E-state index is -0.513. The molecular weight excluding hydrogens is 327 g/mol. The Labute approximate surface area is 143 Å². The van der Waals surface area contributed by atoms with Crippen LogP contribution < -0.4 is 10.7 Å². The van der Waals surface area contributed by atoms with Gasteiger partial charge in [0.15, 0.2) is 0 Å². The molecular formula is C18H19FN2O4. The zero-order valence-electron chi connectivity index (χ0n) is 13.8. The molecule has 0 spiro atoms. The predicted octanol–water partition coefficient (Wildman–Crippen LogP) is 1.45. The minimum Gasteiger partial charge on any atom is -0.384 e. The van der Waals surface area contributed by atoms with Gasteiger partial charge in [0.05, 0.1) is 12.7 Å². The van der Waals surface area contributed by atoms with Gasteiger partial charge in [0.2, 0.25) is 5.43 Å². The summed E-state index contributed by atoms with van der Waals surface area (Å²) >= 11 is 0. The van der Waals surface area contributed by atoms with Crippen LogP contribution in [0.15, 0.2) is 29.2 Å². The molecule has 0 radical (unpaired) electrons. The maximum Gasteiger partial charge on any atom is 0.257 e. The molecule has 0 unspecified atom stereocenters. The lowest BCUT2D eigenvalue weighted by molar-refractivity contribution is -0.0809. The van der Waals surface area contributed by atoms with Crippen LogP contribution in [0.2, 0.25) is 0 Å². The smallest absolute Gasteiger partial charge is 0.257 e. The Balaban J connectivity index is 1.60. The van der Waals surface area contributed by atoms with E-state index in [9.17, 15) is 14.0 Å². The standard InChI is InChI=1S/C18H19FN2O4/c1-24-8-13-15(10-4-5-25-17(10)13)21-18(23)12-7-20-14-3-2-9(19)6-11(14)16(12)22/h2-3,6-7,10,13,15,17H,4-5,8H2,1H3,(H,20,22)(H,21,23)/t10-,13+,15+,17-/m0/s1. The summed E-state index contributed by atoms with van der Waals surface area (Å²) in [7, 11) is 1.61. The van der Waals surface area contributed by atoms with E-state index in [1.54, 1.807) is 7.11 Å². The lowest BCUT2D eigenvalue weighted by atomic mass is 9.67. The molecule has 1 aromatic heterocycles. The Bertz CT molecular complexity index is 881. The van der Waals surface area contributed by atoms with Crippen molar-refractivity contribution in [2.45, 2.75) is 18.6 Å². The average molecular weight is 346 g/mol. The molecule has 7 heteroatoms. The van der Waals surface area contributed by atoms with E-state index >= 15 is 0 Å². The first kappa shape index (κ1) is 16.2. The first-order valence-electron chi connectivity index (χ1n) is 8.32. The van der Waals surface area contributed by atoms with Crippen molar-refractivity contribution in [1.29, 1.82) is 0 Å². The van der Waals surface area contributed by atoms with Gasteiger partial charge in [-0.1, -0.05) is 0 Å². The van der Waals surface area contributed by atoms with Gasteiger partial charge in [0.25, 0.3) is 5.91 Å². The summed E-state index contributed by atoms with van der Waals surface area (Å²) in [6.45, 7) is 1.17. The third-order valence-electron chi connectivity index (χ3n) is 5.27. The van der Waals surface area contributed by atoms with Gasteiger partial charge in [-0.15, -0.1) is 0 Å². The van der Waals surface area contributed by atoms with Crippen LogP contribution >= 0.6 is 0 Å². The van der Waals surface area contributed by atoms with Crippen LogP contribution in [0.3, 0.4) is 0 Å². The Morgan fingerprint density at radius 2 is 2.32 bits per heavy atom.